The van der Waals surface area contributed by atoms with Crippen molar-refractivity contribution in [1.29, 1.82) is 0 Å². The highest BCUT2D eigenvalue weighted by molar-refractivity contribution is 7.10. The van der Waals surface area contributed by atoms with Gasteiger partial charge >= 0.3 is 0 Å². The van der Waals surface area contributed by atoms with Crippen LogP contribution in [-0.2, 0) is 17.8 Å². The van der Waals surface area contributed by atoms with Gasteiger partial charge in [0.2, 0.25) is 12.3 Å². The molecule has 0 aliphatic carbocycles. The summed E-state index contributed by atoms with van der Waals surface area (Å²) in [5, 5.41) is 16.3. The van der Waals surface area contributed by atoms with Crippen molar-refractivity contribution in [1.82, 2.24) is 5.10 Å². The van der Waals surface area contributed by atoms with E-state index in [-0.39, 0.29) is 18.1 Å². The molecule has 0 amide bonds. The largest absolute Gasteiger partial charge is 0.508 e. The molecule has 5 nitrogen and oxygen atoms in total. The molecule has 1 unspecified atom stereocenters. The number of benzene rings is 1. The number of Topliss-reactive ketones (excluding diaryl/α,β-unsaturated/α-hetero) is 1. The lowest BCUT2D eigenvalue weighted by molar-refractivity contribution is -0.743. The molecular formula is C18H23N2O3S+. The van der Waals surface area contributed by atoms with E-state index in [1.807, 2.05) is 34.6 Å². The number of aromatic nitrogens is 2. The molecule has 0 saturated heterocycles. The molecule has 1 N–H and O–H groups in total. The minimum Gasteiger partial charge on any atom is -0.508 e. The molecule has 1 aromatic heterocycles. The zero-order chi connectivity index (χ0) is 17.6. The Morgan fingerprint density at radius 1 is 1.42 bits per heavy atom. The highest BCUT2D eigenvalue weighted by atomic mass is 32.1. The monoisotopic (exact) mass is 347 g/mol. The average molecular weight is 347 g/mol. The van der Waals surface area contributed by atoms with Gasteiger partial charge in [0.15, 0.2) is 10.6 Å². The summed E-state index contributed by atoms with van der Waals surface area (Å²) >= 11 is 1.58. The fourth-order valence-corrected chi connectivity index (χ4v) is 3.98. The summed E-state index contributed by atoms with van der Waals surface area (Å²) in [6.07, 6.45) is 1.32. The van der Waals surface area contributed by atoms with Gasteiger partial charge in [0.25, 0.3) is 5.01 Å². The number of fused-ring (bicyclic) bond motifs is 1. The normalized spacial score (nSPS) is 19.7. The van der Waals surface area contributed by atoms with E-state index in [0.717, 1.165) is 38.9 Å². The van der Waals surface area contributed by atoms with Gasteiger partial charge in [-0.15, -0.1) is 0 Å². The number of carbonyl (C=O) groups excluding carboxylic acids is 1. The summed E-state index contributed by atoms with van der Waals surface area (Å²) in [5.74, 6) is 1.05. The quantitative estimate of drug-likeness (QED) is 0.867. The minimum atomic E-state index is -0.863. The minimum absolute atomic E-state index is 0.0247. The molecule has 0 fully saturated rings. The fourth-order valence-electron chi connectivity index (χ4n) is 3.20. The first-order chi connectivity index (χ1) is 11.2. The zero-order valence-corrected chi connectivity index (χ0v) is 15.6. The summed E-state index contributed by atoms with van der Waals surface area (Å²) in [4.78, 5) is 12.9. The van der Waals surface area contributed by atoms with Crippen molar-refractivity contribution >= 4 is 17.1 Å². The molecule has 1 atom stereocenters. The molecule has 0 bridgehead atoms. The van der Waals surface area contributed by atoms with Crippen molar-refractivity contribution in [2.45, 2.75) is 59.6 Å². The third-order valence-electron chi connectivity index (χ3n) is 4.81. The molecule has 1 aromatic carbocycles. The first-order valence-corrected chi connectivity index (χ1v) is 8.91. The van der Waals surface area contributed by atoms with Crippen LogP contribution in [-0.4, -0.2) is 21.6 Å². The molecule has 2 aromatic rings. The summed E-state index contributed by atoms with van der Waals surface area (Å²) in [6.45, 7) is 9.77. The van der Waals surface area contributed by atoms with Gasteiger partial charge in [-0.25, -0.2) is 0 Å². The number of aromatic hydroxyl groups is 1. The second kappa shape index (κ2) is 5.84. The van der Waals surface area contributed by atoms with Crippen molar-refractivity contribution < 1.29 is 19.3 Å². The molecule has 6 heteroatoms. The van der Waals surface area contributed by atoms with E-state index in [1.54, 1.807) is 22.1 Å². The number of phenols is 1. The molecule has 1 aliphatic heterocycles. The Kier molecular flexibility index (Phi) is 4.11. The van der Waals surface area contributed by atoms with Gasteiger partial charge in [0.1, 0.15) is 11.5 Å². The summed E-state index contributed by atoms with van der Waals surface area (Å²) in [6, 6.07) is 1.70. The Hall–Kier alpha value is -1.95. The molecule has 2 heterocycles. The summed E-state index contributed by atoms with van der Waals surface area (Å²) in [7, 11) is 0. The molecule has 3 rings (SSSR count). The van der Waals surface area contributed by atoms with E-state index in [4.69, 9.17) is 4.74 Å². The Bertz CT molecular complexity index is 828. The van der Waals surface area contributed by atoms with E-state index in [9.17, 15) is 9.90 Å². The second-order valence-electron chi connectivity index (χ2n) is 6.70. The third-order valence-corrected chi connectivity index (χ3v) is 5.69. The van der Waals surface area contributed by atoms with Gasteiger partial charge < -0.3 is 9.84 Å². The fraction of sp³-hybridized carbons (Fsp3) is 0.500. The van der Waals surface area contributed by atoms with Crippen LogP contribution in [0.5, 0.6) is 11.5 Å². The van der Waals surface area contributed by atoms with Gasteiger partial charge in [-0.05, 0) is 57.7 Å². The molecule has 128 valence electrons. The number of rotatable bonds is 3. The van der Waals surface area contributed by atoms with Gasteiger partial charge in [-0.2, -0.15) is 0 Å². The first kappa shape index (κ1) is 16.9. The van der Waals surface area contributed by atoms with Crippen LogP contribution >= 0.6 is 11.3 Å². The maximum atomic E-state index is 12.9. The number of carbonyl (C=O) groups is 1. The number of hydrogen-bond donors (Lipinski definition) is 1. The van der Waals surface area contributed by atoms with Crippen LogP contribution in [0.3, 0.4) is 0 Å². The number of nitrogens with zero attached hydrogens (tertiary/aromatic N) is 2. The van der Waals surface area contributed by atoms with Crippen LogP contribution in [0.15, 0.2) is 6.07 Å². The van der Waals surface area contributed by atoms with Crippen molar-refractivity contribution in [3.63, 3.8) is 0 Å². The van der Waals surface area contributed by atoms with Crippen molar-refractivity contribution in [3.05, 3.63) is 32.8 Å². The van der Waals surface area contributed by atoms with Gasteiger partial charge in [-0.1, -0.05) is 16.0 Å². The number of ketones is 1. The SMILES string of the molecule is Cc1n[n+](CC(=O)C2(C)CCc3c(C)c(O)cc(C)c3O2)c(C)s1. The first-order valence-electron chi connectivity index (χ1n) is 8.10. The van der Waals surface area contributed by atoms with E-state index < -0.39 is 5.60 Å². The topological polar surface area (TPSA) is 63.3 Å². The summed E-state index contributed by atoms with van der Waals surface area (Å²) < 4.78 is 7.92. The smallest absolute Gasteiger partial charge is 0.262 e. The number of aryl methyl sites for hydroxylation is 3. The number of ether oxygens (including phenoxy) is 1. The lowest BCUT2D eigenvalue weighted by Crippen LogP contribution is -2.53. The van der Waals surface area contributed by atoms with Crippen LogP contribution in [0, 0.1) is 27.7 Å². The Balaban J connectivity index is 1.89. The average Bonchev–Trinajstić information content (AvgIpc) is 2.82. The van der Waals surface area contributed by atoms with Crippen LogP contribution in [0.2, 0.25) is 0 Å². The molecule has 1 aliphatic rings. The molecule has 0 radical (unpaired) electrons. The number of hydrogen-bond acceptors (Lipinski definition) is 5. The highest BCUT2D eigenvalue weighted by Gasteiger charge is 2.42. The maximum absolute atomic E-state index is 12.9. The van der Waals surface area contributed by atoms with E-state index in [2.05, 4.69) is 5.10 Å². The van der Waals surface area contributed by atoms with E-state index in [1.165, 1.54) is 0 Å². The highest BCUT2D eigenvalue weighted by Crippen LogP contribution is 2.41. The van der Waals surface area contributed by atoms with Gasteiger partial charge in [-0.3, -0.25) is 4.79 Å². The van der Waals surface area contributed by atoms with Crippen molar-refractivity contribution in [3.8, 4) is 11.5 Å². The predicted octanol–water partition coefficient (Wildman–Crippen LogP) is 2.72. The standard InChI is InChI=1S/C18H22N2O3S/c1-10-8-15(21)11(2)14-6-7-18(5,23-17(10)14)16(22)9-20-13(4)24-12(3)19-20/h8H,6-7,9H2,1-5H3/p+1. The number of phenolic OH excluding ortho intramolecular Hbond substituents is 1. The van der Waals surface area contributed by atoms with Crippen LogP contribution in [0.1, 0.15) is 40.1 Å². The lowest BCUT2D eigenvalue weighted by Gasteiger charge is -2.35. The second-order valence-corrected chi connectivity index (χ2v) is 8.08. The molecule has 24 heavy (non-hydrogen) atoms. The van der Waals surface area contributed by atoms with Crippen LogP contribution < -0.4 is 9.42 Å². The lowest BCUT2D eigenvalue weighted by atomic mass is 9.86. The van der Waals surface area contributed by atoms with Crippen LogP contribution in [0.25, 0.3) is 0 Å². The van der Waals surface area contributed by atoms with E-state index >= 15 is 0 Å². The Morgan fingerprint density at radius 2 is 2.12 bits per heavy atom. The Morgan fingerprint density at radius 3 is 2.75 bits per heavy atom. The van der Waals surface area contributed by atoms with Crippen molar-refractivity contribution in [2.75, 3.05) is 0 Å². The van der Waals surface area contributed by atoms with E-state index in [0.29, 0.717) is 6.42 Å². The van der Waals surface area contributed by atoms with Crippen LogP contribution in [0.4, 0.5) is 0 Å². The predicted molar refractivity (Wildman–Crippen MR) is 91.7 cm³/mol. The summed E-state index contributed by atoms with van der Waals surface area (Å²) in [5.41, 5.74) is 1.84. The molecule has 0 spiro atoms. The van der Waals surface area contributed by atoms with Gasteiger partial charge in [0, 0.05) is 17.6 Å². The van der Waals surface area contributed by atoms with Crippen molar-refractivity contribution in [2.24, 2.45) is 0 Å². The zero-order valence-electron chi connectivity index (χ0n) is 14.8. The Labute approximate surface area is 145 Å². The maximum Gasteiger partial charge on any atom is 0.262 e. The molecule has 0 saturated carbocycles. The third kappa shape index (κ3) is 2.79. The van der Waals surface area contributed by atoms with Gasteiger partial charge in [0.05, 0.1) is 0 Å². The molecular weight excluding hydrogens is 324 g/mol.